The molecule has 3 heteroatoms. The van der Waals surface area contributed by atoms with Gasteiger partial charge in [-0.05, 0) is 39.4 Å². The van der Waals surface area contributed by atoms with Crippen LogP contribution in [0.5, 0.6) is 0 Å². The molecular formula is C16H27N3. The summed E-state index contributed by atoms with van der Waals surface area (Å²) in [6.45, 7) is 11.4. The van der Waals surface area contributed by atoms with Gasteiger partial charge in [0, 0.05) is 44.0 Å². The Morgan fingerprint density at radius 3 is 2.21 bits per heavy atom. The van der Waals surface area contributed by atoms with E-state index in [2.05, 4.69) is 60.2 Å². The van der Waals surface area contributed by atoms with E-state index in [-0.39, 0.29) is 0 Å². The van der Waals surface area contributed by atoms with Crippen LogP contribution in [0.3, 0.4) is 0 Å². The van der Waals surface area contributed by atoms with Crippen molar-refractivity contribution in [2.45, 2.75) is 32.9 Å². The highest BCUT2D eigenvalue weighted by molar-refractivity contribution is 5.55. The molecule has 2 rings (SSSR count). The van der Waals surface area contributed by atoms with E-state index in [1.54, 1.807) is 0 Å². The van der Waals surface area contributed by atoms with Crippen molar-refractivity contribution in [1.29, 1.82) is 0 Å². The second-order valence-corrected chi connectivity index (χ2v) is 5.69. The van der Waals surface area contributed by atoms with Gasteiger partial charge in [0.05, 0.1) is 0 Å². The van der Waals surface area contributed by atoms with E-state index in [1.165, 1.54) is 24.3 Å². The predicted molar refractivity (Wildman–Crippen MR) is 82.8 cm³/mol. The van der Waals surface area contributed by atoms with Gasteiger partial charge < -0.3 is 10.2 Å². The van der Waals surface area contributed by atoms with Gasteiger partial charge in [-0.25, -0.2) is 0 Å². The molecule has 1 fully saturated rings. The molecule has 0 radical (unpaired) electrons. The molecule has 0 bridgehead atoms. The Kier molecular flexibility index (Phi) is 4.83. The van der Waals surface area contributed by atoms with E-state index in [4.69, 9.17) is 0 Å². The second kappa shape index (κ2) is 6.40. The van der Waals surface area contributed by atoms with Crippen molar-refractivity contribution >= 4 is 5.69 Å². The molecule has 0 spiro atoms. The molecule has 1 atom stereocenters. The van der Waals surface area contributed by atoms with Crippen LogP contribution >= 0.6 is 0 Å². The highest BCUT2D eigenvalue weighted by atomic mass is 15.3. The SMILES string of the molecule is CNC(C)c1ccccc1N1CCN(C(C)C)CC1. The molecule has 1 saturated heterocycles. The number of para-hydroxylation sites is 1. The quantitative estimate of drug-likeness (QED) is 0.898. The monoisotopic (exact) mass is 261 g/mol. The number of benzene rings is 1. The van der Waals surface area contributed by atoms with E-state index in [0.29, 0.717) is 12.1 Å². The highest BCUT2D eigenvalue weighted by Gasteiger charge is 2.21. The molecule has 0 saturated carbocycles. The first-order valence-electron chi connectivity index (χ1n) is 7.38. The normalized spacial score (nSPS) is 18.9. The number of rotatable bonds is 4. The summed E-state index contributed by atoms with van der Waals surface area (Å²) >= 11 is 0. The summed E-state index contributed by atoms with van der Waals surface area (Å²) in [6, 6.07) is 9.85. The molecule has 0 amide bonds. The van der Waals surface area contributed by atoms with Crippen molar-refractivity contribution in [2.75, 3.05) is 38.1 Å². The van der Waals surface area contributed by atoms with Gasteiger partial charge in [0.25, 0.3) is 0 Å². The summed E-state index contributed by atoms with van der Waals surface area (Å²) < 4.78 is 0. The summed E-state index contributed by atoms with van der Waals surface area (Å²) in [6.07, 6.45) is 0. The van der Waals surface area contributed by atoms with E-state index in [9.17, 15) is 0 Å². The zero-order chi connectivity index (χ0) is 13.8. The van der Waals surface area contributed by atoms with E-state index < -0.39 is 0 Å². The van der Waals surface area contributed by atoms with Crippen LogP contribution in [0.25, 0.3) is 0 Å². The fourth-order valence-corrected chi connectivity index (χ4v) is 2.78. The van der Waals surface area contributed by atoms with Gasteiger partial charge in [0.1, 0.15) is 0 Å². The molecule has 19 heavy (non-hydrogen) atoms. The maximum absolute atomic E-state index is 3.35. The smallest absolute Gasteiger partial charge is 0.0415 e. The van der Waals surface area contributed by atoms with Crippen LogP contribution in [0.1, 0.15) is 32.4 Å². The number of anilines is 1. The van der Waals surface area contributed by atoms with Crippen molar-refractivity contribution in [3.05, 3.63) is 29.8 Å². The minimum atomic E-state index is 0.402. The summed E-state index contributed by atoms with van der Waals surface area (Å²) in [4.78, 5) is 5.09. The number of nitrogens with one attached hydrogen (secondary N) is 1. The summed E-state index contributed by atoms with van der Waals surface area (Å²) in [5.74, 6) is 0. The van der Waals surface area contributed by atoms with Crippen molar-refractivity contribution in [2.24, 2.45) is 0 Å². The molecule has 1 aromatic carbocycles. The van der Waals surface area contributed by atoms with Gasteiger partial charge >= 0.3 is 0 Å². The van der Waals surface area contributed by atoms with Crippen LogP contribution in [0, 0.1) is 0 Å². The molecule has 3 nitrogen and oxygen atoms in total. The predicted octanol–water partition coefficient (Wildman–Crippen LogP) is 2.50. The van der Waals surface area contributed by atoms with Gasteiger partial charge in [-0.1, -0.05) is 18.2 Å². The van der Waals surface area contributed by atoms with Crippen LogP contribution in [0.4, 0.5) is 5.69 Å². The summed E-state index contributed by atoms with van der Waals surface area (Å²) in [7, 11) is 2.03. The second-order valence-electron chi connectivity index (χ2n) is 5.69. The molecule has 1 aliphatic heterocycles. The van der Waals surface area contributed by atoms with Crippen LogP contribution in [-0.2, 0) is 0 Å². The van der Waals surface area contributed by atoms with E-state index >= 15 is 0 Å². The molecule has 1 aromatic rings. The van der Waals surface area contributed by atoms with Crippen molar-refractivity contribution < 1.29 is 0 Å². The zero-order valence-electron chi connectivity index (χ0n) is 12.7. The van der Waals surface area contributed by atoms with Crippen molar-refractivity contribution in [3.8, 4) is 0 Å². The maximum atomic E-state index is 3.35. The van der Waals surface area contributed by atoms with Gasteiger partial charge in [0.2, 0.25) is 0 Å². The molecular weight excluding hydrogens is 234 g/mol. The van der Waals surface area contributed by atoms with Crippen molar-refractivity contribution in [1.82, 2.24) is 10.2 Å². The Labute approximate surface area is 117 Å². The van der Waals surface area contributed by atoms with E-state index in [1.807, 2.05) is 7.05 Å². The lowest BCUT2D eigenvalue weighted by Crippen LogP contribution is -2.49. The summed E-state index contributed by atoms with van der Waals surface area (Å²) in [5.41, 5.74) is 2.80. The average Bonchev–Trinajstić information content (AvgIpc) is 2.46. The van der Waals surface area contributed by atoms with Crippen LogP contribution in [0.15, 0.2) is 24.3 Å². The standard InChI is InChI=1S/C16H27N3/c1-13(2)18-9-11-19(12-10-18)16-8-6-5-7-15(16)14(3)17-4/h5-8,13-14,17H,9-12H2,1-4H3. The maximum Gasteiger partial charge on any atom is 0.0415 e. The first kappa shape index (κ1) is 14.4. The van der Waals surface area contributed by atoms with Crippen LogP contribution < -0.4 is 10.2 Å². The first-order valence-corrected chi connectivity index (χ1v) is 7.38. The minimum Gasteiger partial charge on any atom is -0.369 e. The molecule has 1 N–H and O–H groups in total. The molecule has 1 aliphatic rings. The minimum absolute atomic E-state index is 0.402. The molecule has 106 valence electrons. The van der Waals surface area contributed by atoms with E-state index in [0.717, 1.165) is 13.1 Å². The Bertz CT molecular complexity index is 395. The molecule has 1 unspecified atom stereocenters. The lowest BCUT2D eigenvalue weighted by Gasteiger charge is -2.39. The topological polar surface area (TPSA) is 18.5 Å². The highest BCUT2D eigenvalue weighted by Crippen LogP contribution is 2.27. The third-order valence-corrected chi connectivity index (χ3v) is 4.22. The first-order chi connectivity index (χ1) is 9.13. The molecule has 0 aromatic heterocycles. The lowest BCUT2D eigenvalue weighted by atomic mass is 10.0. The number of hydrogen-bond acceptors (Lipinski definition) is 3. The van der Waals surface area contributed by atoms with Crippen molar-refractivity contribution in [3.63, 3.8) is 0 Å². The Balaban J connectivity index is 2.11. The Hall–Kier alpha value is -1.06. The Morgan fingerprint density at radius 2 is 1.63 bits per heavy atom. The number of piperazine rings is 1. The van der Waals surface area contributed by atoms with Gasteiger partial charge in [-0.3, -0.25) is 4.90 Å². The van der Waals surface area contributed by atoms with Gasteiger partial charge in [-0.2, -0.15) is 0 Å². The third kappa shape index (κ3) is 3.28. The molecule has 0 aliphatic carbocycles. The largest absolute Gasteiger partial charge is 0.369 e. The van der Waals surface area contributed by atoms with Gasteiger partial charge in [-0.15, -0.1) is 0 Å². The Morgan fingerprint density at radius 1 is 1.00 bits per heavy atom. The van der Waals surface area contributed by atoms with Gasteiger partial charge in [0.15, 0.2) is 0 Å². The zero-order valence-corrected chi connectivity index (χ0v) is 12.7. The fourth-order valence-electron chi connectivity index (χ4n) is 2.78. The average molecular weight is 261 g/mol. The fraction of sp³-hybridized carbons (Fsp3) is 0.625. The number of nitrogens with zero attached hydrogens (tertiary/aromatic N) is 2. The molecule has 1 heterocycles. The lowest BCUT2D eigenvalue weighted by molar-refractivity contribution is 0.209. The third-order valence-electron chi connectivity index (χ3n) is 4.22. The number of hydrogen-bond donors (Lipinski definition) is 1. The summed E-state index contributed by atoms with van der Waals surface area (Å²) in [5, 5.41) is 3.35. The van der Waals surface area contributed by atoms with Crippen LogP contribution in [-0.4, -0.2) is 44.2 Å². The van der Waals surface area contributed by atoms with Crippen LogP contribution in [0.2, 0.25) is 0 Å².